The maximum Gasteiger partial charge on any atom is 0.266 e. The maximum atomic E-state index is 12.9. The average Bonchev–Trinajstić information content (AvgIpc) is 3.15. The van der Waals surface area contributed by atoms with E-state index in [2.05, 4.69) is 11.9 Å². The molecule has 0 saturated carbocycles. The van der Waals surface area contributed by atoms with E-state index in [1.165, 1.54) is 11.3 Å². The number of amides is 1. The van der Waals surface area contributed by atoms with Gasteiger partial charge in [0.25, 0.3) is 5.91 Å². The summed E-state index contributed by atoms with van der Waals surface area (Å²) in [4.78, 5) is 21.1. The normalized spacial score (nSPS) is 22.0. The number of hydrogen-bond donors (Lipinski definition) is 1. The standard InChI is InChI=1S/C16H20N2O2S2/c1-10-5-3-7-18(12(10)9-19)16(20)14-11(2)17-15(22-14)13-6-4-8-21-13/h4,6,8,10,12,19H,3,5,7,9H2,1-2H3. The van der Waals surface area contributed by atoms with Gasteiger partial charge in [0.05, 0.1) is 23.2 Å². The highest BCUT2D eigenvalue weighted by molar-refractivity contribution is 7.22. The summed E-state index contributed by atoms with van der Waals surface area (Å²) in [6.45, 7) is 4.75. The highest BCUT2D eigenvalue weighted by Crippen LogP contribution is 2.33. The number of piperidine rings is 1. The fourth-order valence-electron chi connectivity index (χ4n) is 3.01. The van der Waals surface area contributed by atoms with Crippen LogP contribution in [0.3, 0.4) is 0 Å². The zero-order valence-corrected chi connectivity index (χ0v) is 14.4. The molecule has 2 unspecified atom stereocenters. The monoisotopic (exact) mass is 336 g/mol. The molecule has 2 aromatic heterocycles. The van der Waals surface area contributed by atoms with Crippen LogP contribution in [0.25, 0.3) is 9.88 Å². The molecule has 118 valence electrons. The third-order valence-corrected chi connectivity index (χ3v) is 6.47. The van der Waals surface area contributed by atoms with E-state index in [0.29, 0.717) is 10.8 Å². The summed E-state index contributed by atoms with van der Waals surface area (Å²) >= 11 is 3.09. The van der Waals surface area contributed by atoms with E-state index in [9.17, 15) is 9.90 Å². The van der Waals surface area contributed by atoms with Gasteiger partial charge in [0.2, 0.25) is 0 Å². The van der Waals surface area contributed by atoms with E-state index in [0.717, 1.165) is 35.0 Å². The van der Waals surface area contributed by atoms with Crippen molar-refractivity contribution < 1.29 is 9.90 Å². The fraction of sp³-hybridized carbons (Fsp3) is 0.500. The van der Waals surface area contributed by atoms with Crippen molar-refractivity contribution in [2.75, 3.05) is 13.2 Å². The Morgan fingerprint density at radius 3 is 3.05 bits per heavy atom. The molecule has 1 aliphatic heterocycles. The lowest BCUT2D eigenvalue weighted by molar-refractivity contribution is 0.0362. The molecule has 0 bridgehead atoms. The van der Waals surface area contributed by atoms with E-state index < -0.39 is 0 Å². The highest BCUT2D eigenvalue weighted by atomic mass is 32.1. The van der Waals surface area contributed by atoms with Gasteiger partial charge in [-0.3, -0.25) is 4.79 Å². The topological polar surface area (TPSA) is 53.4 Å². The first-order chi connectivity index (χ1) is 10.6. The van der Waals surface area contributed by atoms with Gasteiger partial charge >= 0.3 is 0 Å². The number of rotatable bonds is 3. The number of aromatic nitrogens is 1. The highest BCUT2D eigenvalue weighted by Gasteiger charge is 2.33. The predicted molar refractivity (Wildman–Crippen MR) is 90.5 cm³/mol. The summed E-state index contributed by atoms with van der Waals surface area (Å²) in [6, 6.07) is 3.94. The van der Waals surface area contributed by atoms with E-state index >= 15 is 0 Å². The molecule has 0 aromatic carbocycles. The lowest BCUT2D eigenvalue weighted by Crippen LogP contribution is -2.49. The number of aryl methyl sites for hydroxylation is 1. The average molecular weight is 336 g/mol. The number of aliphatic hydroxyl groups is 1. The lowest BCUT2D eigenvalue weighted by atomic mass is 9.91. The van der Waals surface area contributed by atoms with Crippen molar-refractivity contribution in [1.29, 1.82) is 0 Å². The Bertz CT molecular complexity index is 651. The molecule has 1 aliphatic rings. The molecule has 0 aliphatic carbocycles. The van der Waals surface area contributed by atoms with Gasteiger partial charge < -0.3 is 10.0 Å². The minimum atomic E-state index is -0.0760. The molecule has 1 N–H and O–H groups in total. The van der Waals surface area contributed by atoms with Gasteiger partial charge in [-0.15, -0.1) is 22.7 Å². The number of carbonyl (C=O) groups is 1. The number of thiophene rings is 1. The summed E-state index contributed by atoms with van der Waals surface area (Å²) in [5, 5.41) is 12.6. The zero-order chi connectivity index (χ0) is 15.7. The van der Waals surface area contributed by atoms with Crippen LogP contribution in [0.1, 0.15) is 35.1 Å². The molecule has 4 nitrogen and oxygen atoms in total. The second-order valence-corrected chi connectivity index (χ2v) is 7.73. The van der Waals surface area contributed by atoms with Gasteiger partial charge in [-0.25, -0.2) is 4.98 Å². The minimum absolute atomic E-state index is 0.0170. The Morgan fingerprint density at radius 2 is 2.36 bits per heavy atom. The molecule has 6 heteroatoms. The van der Waals surface area contributed by atoms with Crippen molar-refractivity contribution in [2.45, 2.75) is 32.7 Å². The van der Waals surface area contributed by atoms with Gasteiger partial charge in [0, 0.05) is 6.54 Å². The van der Waals surface area contributed by atoms with Crippen LogP contribution < -0.4 is 0 Å². The first-order valence-corrected chi connectivity index (χ1v) is 9.24. The summed E-state index contributed by atoms with van der Waals surface area (Å²) < 4.78 is 0. The van der Waals surface area contributed by atoms with Crippen molar-refractivity contribution in [1.82, 2.24) is 9.88 Å². The molecule has 0 radical (unpaired) electrons. The van der Waals surface area contributed by atoms with Crippen LogP contribution in [0.4, 0.5) is 0 Å². The van der Waals surface area contributed by atoms with Crippen molar-refractivity contribution in [3.8, 4) is 9.88 Å². The molecular formula is C16H20N2O2S2. The molecule has 2 atom stereocenters. The maximum absolute atomic E-state index is 12.9. The Hall–Kier alpha value is -1.24. The minimum Gasteiger partial charge on any atom is -0.394 e. The van der Waals surface area contributed by atoms with Crippen LogP contribution in [0.2, 0.25) is 0 Å². The summed E-state index contributed by atoms with van der Waals surface area (Å²) in [5.41, 5.74) is 0.785. The number of nitrogens with zero attached hydrogens (tertiary/aromatic N) is 2. The van der Waals surface area contributed by atoms with Gasteiger partial charge in [-0.2, -0.15) is 0 Å². The van der Waals surface area contributed by atoms with Crippen LogP contribution in [-0.2, 0) is 0 Å². The van der Waals surface area contributed by atoms with Crippen molar-refractivity contribution in [3.05, 3.63) is 28.1 Å². The van der Waals surface area contributed by atoms with E-state index in [1.807, 2.05) is 29.3 Å². The number of carbonyl (C=O) groups excluding carboxylic acids is 1. The second-order valence-electron chi connectivity index (χ2n) is 5.78. The predicted octanol–water partition coefficient (Wildman–Crippen LogP) is 3.41. The molecule has 2 aromatic rings. The Balaban J connectivity index is 1.88. The Morgan fingerprint density at radius 1 is 1.55 bits per heavy atom. The van der Waals surface area contributed by atoms with E-state index in [1.54, 1.807) is 11.3 Å². The SMILES string of the molecule is Cc1nc(-c2cccs2)sc1C(=O)N1CCCC(C)C1CO. The van der Waals surface area contributed by atoms with Crippen molar-refractivity contribution >= 4 is 28.6 Å². The largest absolute Gasteiger partial charge is 0.394 e. The van der Waals surface area contributed by atoms with Gasteiger partial charge in [-0.05, 0) is 37.1 Å². The molecule has 22 heavy (non-hydrogen) atoms. The molecule has 3 heterocycles. The summed E-state index contributed by atoms with van der Waals surface area (Å²) in [6.07, 6.45) is 2.07. The molecular weight excluding hydrogens is 316 g/mol. The van der Waals surface area contributed by atoms with Gasteiger partial charge in [0.15, 0.2) is 0 Å². The number of aliphatic hydroxyl groups excluding tert-OH is 1. The van der Waals surface area contributed by atoms with E-state index in [4.69, 9.17) is 0 Å². The zero-order valence-electron chi connectivity index (χ0n) is 12.8. The van der Waals surface area contributed by atoms with Crippen LogP contribution in [0.15, 0.2) is 17.5 Å². The fourth-order valence-corrected chi connectivity index (χ4v) is 4.83. The van der Waals surface area contributed by atoms with Crippen LogP contribution in [-0.4, -0.2) is 40.1 Å². The summed E-state index contributed by atoms with van der Waals surface area (Å²) in [7, 11) is 0. The number of thiazole rings is 1. The number of likely N-dealkylation sites (tertiary alicyclic amines) is 1. The lowest BCUT2D eigenvalue weighted by Gasteiger charge is -2.38. The number of hydrogen-bond acceptors (Lipinski definition) is 5. The van der Waals surface area contributed by atoms with Crippen LogP contribution >= 0.6 is 22.7 Å². The van der Waals surface area contributed by atoms with Crippen molar-refractivity contribution in [2.24, 2.45) is 5.92 Å². The van der Waals surface area contributed by atoms with Gasteiger partial charge in [-0.1, -0.05) is 13.0 Å². The molecule has 1 fully saturated rings. The van der Waals surface area contributed by atoms with Gasteiger partial charge in [0.1, 0.15) is 9.88 Å². The molecule has 1 amide bonds. The Kier molecular flexibility index (Phi) is 4.61. The smallest absolute Gasteiger partial charge is 0.266 e. The first-order valence-electron chi connectivity index (χ1n) is 7.55. The quantitative estimate of drug-likeness (QED) is 0.934. The van der Waals surface area contributed by atoms with E-state index in [-0.39, 0.29) is 18.6 Å². The Labute approximate surface area is 138 Å². The second kappa shape index (κ2) is 6.48. The molecule has 3 rings (SSSR count). The van der Waals surface area contributed by atoms with Crippen LogP contribution in [0, 0.1) is 12.8 Å². The summed E-state index contributed by atoms with van der Waals surface area (Å²) in [5.74, 6) is 0.358. The van der Waals surface area contributed by atoms with Crippen LogP contribution in [0.5, 0.6) is 0 Å². The van der Waals surface area contributed by atoms with Crippen molar-refractivity contribution in [3.63, 3.8) is 0 Å². The molecule has 0 spiro atoms. The third-order valence-electron chi connectivity index (χ3n) is 4.29. The molecule has 1 saturated heterocycles. The first kappa shape index (κ1) is 15.6. The third kappa shape index (κ3) is 2.83.